The van der Waals surface area contributed by atoms with Crippen molar-refractivity contribution in [1.82, 2.24) is 25.2 Å². The summed E-state index contributed by atoms with van der Waals surface area (Å²) < 4.78 is 40.1. The van der Waals surface area contributed by atoms with E-state index in [9.17, 15) is 27.6 Å². The van der Waals surface area contributed by atoms with Gasteiger partial charge in [0.1, 0.15) is 29.3 Å². The summed E-state index contributed by atoms with van der Waals surface area (Å²) >= 11 is 0. The van der Waals surface area contributed by atoms with Gasteiger partial charge in [0.05, 0.1) is 17.5 Å². The van der Waals surface area contributed by atoms with Crippen molar-refractivity contribution >= 4 is 44.6 Å². The zero-order valence-corrected chi connectivity index (χ0v) is 32.3. The monoisotopic (exact) mass is 771 g/mol. The second-order valence-electron chi connectivity index (χ2n) is 16.1. The third-order valence-electron chi connectivity index (χ3n) is 10.6. The molecule has 3 N–H and O–H groups in total. The average molecular weight is 772 g/mol. The van der Waals surface area contributed by atoms with Gasteiger partial charge in [-0.25, -0.2) is 18.2 Å². The van der Waals surface area contributed by atoms with Gasteiger partial charge in [-0.2, -0.15) is 0 Å². The number of hydrogen-bond acceptors (Lipinski definition) is 9. The third kappa shape index (κ3) is 8.79. The minimum Gasteiger partial charge on any atom is -0.472 e. The van der Waals surface area contributed by atoms with E-state index in [1.165, 1.54) is 4.90 Å². The smallest absolute Gasteiger partial charge is 0.408 e. The van der Waals surface area contributed by atoms with Crippen LogP contribution in [-0.4, -0.2) is 83.2 Å². The molecule has 55 heavy (non-hydrogen) atoms. The van der Waals surface area contributed by atoms with Crippen LogP contribution in [0.4, 0.5) is 4.79 Å². The van der Waals surface area contributed by atoms with E-state index in [2.05, 4.69) is 15.4 Å². The van der Waals surface area contributed by atoms with Crippen LogP contribution in [0.5, 0.6) is 5.88 Å². The Labute approximate surface area is 321 Å². The fourth-order valence-corrected chi connectivity index (χ4v) is 8.83. The summed E-state index contributed by atoms with van der Waals surface area (Å²) in [5.74, 6) is -1.96. The van der Waals surface area contributed by atoms with Crippen LogP contribution < -0.4 is 20.1 Å². The van der Waals surface area contributed by atoms with Gasteiger partial charge in [0, 0.05) is 23.3 Å². The van der Waals surface area contributed by atoms with Gasteiger partial charge in [-0.15, -0.1) is 0 Å². The highest BCUT2D eigenvalue weighted by molar-refractivity contribution is 7.91. The van der Waals surface area contributed by atoms with Crippen LogP contribution in [-0.2, 0) is 29.1 Å². The number of sulfonamides is 1. The second-order valence-corrected chi connectivity index (χ2v) is 18.1. The summed E-state index contributed by atoms with van der Waals surface area (Å²) in [6.07, 6.45) is 6.80. The molecule has 4 aliphatic rings. The summed E-state index contributed by atoms with van der Waals surface area (Å²) in [7, 11) is -3.89. The molecule has 14 heteroatoms. The van der Waals surface area contributed by atoms with Crippen molar-refractivity contribution in [3.05, 3.63) is 72.8 Å². The maximum absolute atomic E-state index is 14.6. The largest absolute Gasteiger partial charge is 0.472 e. The molecule has 3 heterocycles. The minimum atomic E-state index is -3.89. The molecule has 0 bridgehead atoms. The number of carbonyl (C=O) groups excluding carboxylic acids is 4. The zero-order chi connectivity index (χ0) is 39.0. The molecule has 7 rings (SSSR count). The molecule has 0 unspecified atom stereocenters. The Morgan fingerprint density at radius 3 is 2.47 bits per heavy atom. The Hall–Kier alpha value is -4.98. The number of pyridine rings is 1. The first-order valence-electron chi connectivity index (χ1n) is 19.2. The molecule has 1 saturated heterocycles. The number of amides is 4. The molecular formula is C41H49N5O8S. The number of aromatic nitrogens is 1. The van der Waals surface area contributed by atoms with Crippen molar-refractivity contribution in [2.24, 2.45) is 5.92 Å². The standard InChI is InChI=1S/C41H49N5O8S/c1-40(2,3)54-39(50)43-32-19-11-6-4-5-10-17-28-24-41(28,38(49)45-55(51,52)30-20-21-30)44-35(47)34-23-29(25-46(34)37(32)48)53-36-31-18-13-12-16-27(31)22-33(42-36)26-14-8-7-9-15-26/h7-10,12-18,22,28-30,32,34H,4-6,11,19-21,23-25H2,1-3H3,(H,43,50)(H,44,47)(H,45,49)/b17-10-/t28-,29-,32+,34+,41-/m1/s1. The summed E-state index contributed by atoms with van der Waals surface area (Å²) in [4.78, 5) is 62.1. The lowest BCUT2D eigenvalue weighted by Gasteiger charge is -2.30. The topological polar surface area (TPSA) is 173 Å². The normalized spacial score (nSPS) is 26.7. The predicted octanol–water partition coefficient (Wildman–Crippen LogP) is 5.15. The fourth-order valence-electron chi connectivity index (χ4n) is 7.47. The molecular weight excluding hydrogens is 723 g/mol. The third-order valence-corrected chi connectivity index (χ3v) is 12.4. The SMILES string of the molecule is CC(C)(C)OC(=O)N[C@H]1CCCCC/C=C\[C@@H]2C[C@@]2(C(=O)NS(=O)(=O)C2CC2)NC(=O)[C@@H]2C[C@@H](Oc3nc(-c4ccccc4)cc4ccccc34)CN2C1=O. The number of carbonyl (C=O) groups is 4. The number of nitrogens with one attached hydrogen (secondary N) is 3. The van der Waals surface area contributed by atoms with E-state index in [0.717, 1.165) is 29.2 Å². The summed E-state index contributed by atoms with van der Waals surface area (Å²) in [5, 5.41) is 6.69. The molecule has 292 valence electrons. The first kappa shape index (κ1) is 38.3. The van der Waals surface area contributed by atoms with E-state index < -0.39 is 74.3 Å². The van der Waals surface area contributed by atoms with Crippen LogP contribution in [0, 0.1) is 5.92 Å². The Kier molecular flexibility index (Phi) is 10.6. The van der Waals surface area contributed by atoms with Crippen LogP contribution in [0.15, 0.2) is 72.8 Å². The molecule has 0 radical (unpaired) electrons. The lowest BCUT2D eigenvalue weighted by atomic mass is 10.0. The molecule has 2 aliphatic heterocycles. The Balaban J connectivity index is 1.21. The van der Waals surface area contributed by atoms with Crippen LogP contribution in [0.2, 0.25) is 0 Å². The van der Waals surface area contributed by atoms with E-state index in [0.29, 0.717) is 43.7 Å². The number of benzene rings is 2. The number of fused-ring (bicyclic) bond motifs is 3. The van der Waals surface area contributed by atoms with E-state index in [1.807, 2.05) is 72.8 Å². The number of rotatable bonds is 7. The van der Waals surface area contributed by atoms with Crippen molar-refractivity contribution in [2.45, 2.75) is 113 Å². The molecule has 2 saturated carbocycles. The molecule has 13 nitrogen and oxygen atoms in total. The first-order valence-corrected chi connectivity index (χ1v) is 20.7. The molecule has 3 aromatic rings. The quantitative estimate of drug-likeness (QED) is 0.275. The van der Waals surface area contributed by atoms with Gasteiger partial charge < -0.3 is 25.0 Å². The number of allylic oxidation sites excluding steroid dienone is 1. The van der Waals surface area contributed by atoms with Crippen molar-refractivity contribution in [1.29, 1.82) is 0 Å². The number of hydrogen-bond donors (Lipinski definition) is 3. The summed E-state index contributed by atoms with van der Waals surface area (Å²) in [6, 6.07) is 17.2. The highest BCUT2D eigenvalue weighted by Gasteiger charge is 2.62. The van der Waals surface area contributed by atoms with E-state index in [1.54, 1.807) is 20.8 Å². The molecule has 5 atom stereocenters. The Bertz CT molecular complexity index is 2100. The molecule has 0 spiro atoms. The fraction of sp³-hybridized carbons (Fsp3) is 0.488. The molecule has 3 fully saturated rings. The van der Waals surface area contributed by atoms with Crippen molar-refractivity contribution in [2.75, 3.05) is 6.54 Å². The van der Waals surface area contributed by atoms with Gasteiger partial charge in [0.25, 0.3) is 5.91 Å². The van der Waals surface area contributed by atoms with Gasteiger partial charge in [-0.05, 0) is 76.8 Å². The summed E-state index contributed by atoms with van der Waals surface area (Å²) in [6.45, 7) is 5.20. The van der Waals surface area contributed by atoms with Crippen LogP contribution in [0.1, 0.15) is 78.6 Å². The van der Waals surface area contributed by atoms with E-state index in [4.69, 9.17) is 14.5 Å². The van der Waals surface area contributed by atoms with Crippen molar-refractivity contribution in [3.8, 4) is 17.1 Å². The maximum atomic E-state index is 14.6. The Morgan fingerprint density at radius 2 is 1.73 bits per heavy atom. The lowest BCUT2D eigenvalue weighted by Crippen LogP contribution is -2.58. The number of alkyl carbamates (subject to hydrolysis) is 1. The molecule has 4 amide bonds. The average Bonchev–Trinajstić information content (AvgIpc) is 4.07. The van der Waals surface area contributed by atoms with Gasteiger partial charge >= 0.3 is 6.09 Å². The molecule has 1 aromatic heterocycles. The lowest BCUT2D eigenvalue weighted by molar-refractivity contribution is -0.141. The van der Waals surface area contributed by atoms with E-state index in [-0.39, 0.29) is 19.4 Å². The highest BCUT2D eigenvalue weighted by atomic mass is 32.2. The van der Waals surface area contributed by atoms with Crippen LogP contribution >= 0.6 is 0 Å². The first-order chi connectivity index (χ1) is 26.2. The highest BCUT2D eigenvalue weighted by Crippen LogP contribution is 2.46. The number of nitrogens with zero attached hydrogens (tertiary/aromatic N) is 2. The van der Waals surface area contributed by atoms with Crippen molar-refractivity contribution in [3.63, 3.8) is 0 Å². The van der Waals surface area contributed by atoms with E-state index >= 15 is 0 Å². The van der Waals surface area contributed by atoms with Crippen LogP contribution in [0.3, 0.4) is 0 Å². The van der Waals surface area contributed by atoms with Crippen LogP contribution in [0.25, 0.3) is 22.0 Å². The minimum absolute atomic E-state index is 0.00637. The zero-order valence-electron chi connectivity index (χ0n) is 31.5. The Morgan fingerprint density at radius 1 is 0.982 bits per heavy atom. The summed E-state index contributed by atoms with van der Waals surface area (Å²) in [5.41, 5.74) is -0.719. The van der Waals surface area contributed by atoms with Gasteiger partial charge in [-0.3, -0.25) is 19.1 Å². The maximum Gasteiger partial charge on any atom is 0.408 e. The number of ether oxygens (including phenoxy) is 2. The molecule has 2 aliphatic carbocycles. The van der Waals surface area contributed by atoms with Gasteiger partial charge in [0.2, 0.25) is 27.7 Å². The molecule has 2 aromatic carbocycles. The van der Waals surface area contributed by atoms with Crippen molar-refractivity contribution < 1.29 is 37.1 Å². The predicted molar refractivity (Wildman–Crippen MR) is 206 cm³/mol. The second kappa shape index (κ2) is 15.3. The van der Waals surface area contributed by atoms with Gasteiger partial charge in [-0.1, -0.05) is 73.5 Å². The van der Waals surface area contributed by atoms with Gasteiger partial charge in [0.15, 0.2) is 0 Å².